The van der Waals surface area contributed by atoms with Crippen molar-refractivity contribution in [3.05, 3.63) is 65.7 Å². The van der Waals surface area contributed by atoms with Crippen molar-refractivity contribution in [1.82, 2.24) is 0 Å². The number of hydrogen-bond acceptors (Lipinski definition) is 12. The number of thioether (sulfide) groups is 1. The van der Waals surface area contributed by atoms with Gasteiger partial charge in [-0.25, -0.2) is 0 Å². The molecule has 2 aromatic carbocycles. The third-order valence-corrected chi connectivity index (χ3v) is 5.27. The van der Waals surface area contributed by atoms with Crippen LogP contribution in [-0.2, 0) is 36.8 Å². The molecule has 0 spiro atoms. The molecule has 2 rings (SSSR count). The number of aliphatic carboxylic acids is 5. The van der Waals surface area contributed by atoms with Crippen LogP contribution in [0.5, 0.6) is 5.75 Å². The molecule has 0 aliphatic carbocycles. The molecule has 0 heterocycles. The van der Waals surface area contributed by atoms with Gasteiger partial charge >= 0.3 is 29.8 Å². The smallest absolute Gasteiger partial charge is 0.320 e. The summed E-state index contributed by atoms with van der Waals surface area (Å²) in [6.45, 7) is -0.556. The van der Waals surface area contributed by atoms with Gasteiger partial charge in [0.1, 0.15) is 23.9 Å². The summed E-state index contributed by atoms with van der Waals surface area (Å²) in [4.78, 5) is 49.3. The lowest BCUT2D eigenvalue weighted by Gasteiger charge is -2.05. The van der Waals surface area contributed by atoms with Crippen LogP contribution in [0.15, 0.2) is 54.6 Å². The fraction of sp³-hybridized carbons (Fsp3) is 0.370. The van der Waals surface area contributed by atoms with Crippen molar-refractivity contribution < 1.29 is 54.6 Å². The summed E-state index contributed by atoms with van der Waals surface area (Å²) in [5, 5.41) is 49.5. The second-order valence-corrected chi connectivity index (χ2v) is 9.36. The van der Waals surface area contributed by atoms with E-state index in [4.69, 9.17) is 47.8 Å². The Hall–Kier alpha value is -4.26. The number of phenolic OH excluding ortho intramolecular Hbond substituents is 1. The van der Waals surface area contributed by atoms with Gasteiger partial charge in [0.25, 0.3) is 0 Å². The van der Waals surface area contributed by atoms with Gasteiger partial charge in [-0.1, -0.05) is 42.5 Å². The Morgan fingerprint density at radius 1 is 0.636 bits per heavy atom. The monoisotopic (exact) mass is 645 g/mol. The minimum absolute atomic E-state index is 0.160. The summed E-state index contributed by atoms with van der Waals surface area (Å²) in [5.74, 6) is -3.85. The van der Waals surface area contributed by atoms with E-state index in [1.807, 2.05) is 36.6 Å². The van der Waals surface area contributed by atoms with Crippen molar-refractivity contribution >= 4 is 41.6 Å². The van der Waals surface area contributed by atoms with Gasteiger partial charge < -0.3 is 59.3 Å². The van der Waals surface area contributed by atoms with Crippen molar-refractivity contribution in [2.24, 2.45) is 28.7 Å². The van der Waals surface area contributed by atoms with Gasteiger partial charge in [-0.2, -0.15) is 11.8 Å². The topological polar surface area (TPSA) is 337 Å². The van der Waals surface area contributed by atoms with Crippen molar-refractivity contribution in [3.63, 3.8) is 0 Å². The van der Waals surface area contributed by atoms with Crippen molar-refractivity contribution in [1.29, 1.82) is 0 Å². The Balaban J connectivity index is -0.000000504. The molecule has 17 heteroatoms. The fourth-order valence-corrected chi connectivity index (χ4v) is 2.79. The fourth-order valence-electron chi connectivity index (χ4n) is 2.30. The maximum atomic E-state index is 10.4. The van der Waals surface area contributed by atoms with Crippen LogP contribution in [-0.4, -0.2) is 104 Å². The first kappa shape index (κ1) is 44.2. The van der Waals surface area contributed by atoms with E-state index in [0.717, 1.165) is 16.9 Å². The zero-order valence-electron chi connectivity index (χ0n) is 24.2. The van der Waals surface area contributed by atoms with Crippen molar-refractivity contribution in [3.8, 4) is 5.75 Å². The van der Waals surface area contributed by atoms with Gasteiger partial charge in [0.15, 0.2) is 0 Å². The van der Waals surface area contributed by atoms with E-state index >= 15 is 0 Å². The molecule has 0 fully saturated rings. The predicted octanol–water partition coefficient (Wildman–Crippen LogP) is -0.802. The maximum absolute atomic E-state index is 10.4. The van der Waals surface area contributed by atoms with E-state index in [-0.39, 0.29) is 25.3 Å². The number of benzene rings is 2. The number of carboxylic acid groups (broad SMARTS) is 5. The van der Waals surface area contributed by atoms with Crippen LogP contribution in [0.25, 0.3) is 0 Å². The molecule has 0 aliphatic heterocycles. The molecule has 2 aromatic rings. The number of aromatic hydroxyl groups is 1. The van der Waals surface area contributed by atoms with E-state index < -0.39 is 48.0 Å². The predicted molar refractivity (Wildman–Crippen MR) is 165 cm³/mol. The van der Waals surface area contributed by atoms with E-state index in [0.29, 0.717) is 12.8 Å². The summed E-state index contributed by atoms with van der Waals surface area (Å²) < 4.78 is 0. The normalized spacial score (nSPS) is 11.4. The molecule has 0 saturated heterocycles. The van der Waals surface area contributed by atoms with Gasteiger partial charge in [0.05, 0.1) is 13.1 Å². The van der Waals surface area contributed by atoms with Crippen LogP contribution in [0, 0.1) is 0 Å². The molecule has 0 saturated carbocycles. The van der Waals surface area contributed by atoms with Gasteiger partial charge in [-0.05, 0) is 54.5 Å². The standard InChI is InChI=1S/C9H11NO3.C9H11NO2.C5H11NO2S.2C2H5NO2/c10-8(9(12)13)5-6-1-3-7(11)4-2-6;10-8(9(11)12)6-7-4-2-1-3-5-7;1-9-3-2-4(6)5(7)8;2*3-1-2(4)5/h1-4,8,11H,5,10H2,(H,12,13);1-5,8H,6,10H2,(H,11,12);4H,2-3,6H2,1H3,(H,7,8);2*1,3H2,(H,4,5)/t2*8-;4-;;/m000../s1. The first-order chi connectivity index (χ1) is 20.5. The van der Waals surface area contributed by atoms with Crippen LogP contribution < -0.4 is 28.7 Å². The lowest BCUT2D eigenvalue weighted by Crippen LogP contribution is -2.32. The number of nitrogens with two attached hydrogens (primary N) is 5. The van der Waals surface area contributed by atoms with Gasteiger partial charge in [0.2, 0.25) is 0 Å². The third kappa shape index (κ3) is 29.2. The number of phenols is 1. The molecule has 0 aromatic heterocycles. The Morgan fingerprint density at radius 2 is 0.977 bits per heavy atom. The summed E-state index contributed by atoms with van der Waals surface area (Å²) in [6.07, 6.45) is 3.14. The van der Waals surface area contributed by atoms with Gasteiger partial charge in [-0.15, -0.1) is 0 Å². The molecule has 16 N–H and O–H groups in total. The van der Waals surface area contributed by atoms with Crippen LogP contribution in [0.3, 0.4) is 0 Å². The number of carboxylic acids is 5. The second kappa shape index (κ2) is 27.6. The molecule has 0 amide bonds. The average Bonchev–Trinajstić information content (AvgIpc) is 2.98. The Kier molecular flexibility index (Phi) is 27.7. The lowest BCUT2D eigenvalue weighted by atomic mass is 10.1. The van der Waals surface area contributed by atoms with Crippen molar-refractivity contribution in [2.75, 3.05) is 25.1 Å². The van der Waals surface area contributed by atoms with Crippen molar-refractivity contribution in [2.45, 2.75) is 37.4 Å². The van der Waals surface area contributed by atoms with Crippen LogP contribution in [0.4, 0.5) is 0 Å². The number of rotatable bonds is 12. The second-order valence-electron chi connectivity index (χ2n) is 8.37. The van der Waals surface area contributed by atoms with Crippen LogP contribution in [0.1, 0.15) is 17.5 Å². The zero-order chi connectivity index (χ0) is 34.7. The minimum Gasteiger partial charge on any atom is -0.508 e. The summed E-state index contributed by atoms with van der Waals surface area (Å²) >= 11 is 1.60. The molecule has 16 nitrogen and oxygen atoms in total. The first-order valence-corrected chi connectivity index (χ1v) is 14.0. The van der Waals surface area contributed by atoms with E-state index in [2.05, 4.69) is 11.5 Å². The molecular weight excluding hydrogens is 602 g/mol. The Labute approximate surface area is 258 Å². The molecule has 0 unspecified atom stereocenters. The summed E-state index contributed by atoms with van der Waals surface area (Å²) in [5.41, 5.74) is 26.8. The summed E-state index contributed by atoms with van der Waals surface area (Å²) in [6, 6.07) is 13.3. The highest BCUT2D eigenvalue weighted by atomic mass is 32.2. The van der Waals surface area contributed by atoms with E-state index in [1.165, 1.54) is 12.1 Å². The van der Waals surface area contributed by atoms with Gasteiger partial charge in [-0.3, -0.25) is 24.0 Å². The minimum atomic E-state index is -1.02. The molecule has 3 atom stereocenters. The quantitative estimate of drug-likeness (QED) is 0.134. The molecule has 248 valence electrons. The van der Waals surface area contributed by atoms with E-state index in [9.17, 15) is 24.0 Å². The summed E-state index contributed by atoms with van der Waals surface area (Å²) in [7, 11) is 0. The Morgan fingerprint density at radius 3 is 1.27 bits per heavy atom. The number of carbonyl (C=O) groups is 5. The Bertz CT molecular complexity index is 1080. The maximum Gasteiger partial charge on any atom is 0.320 e. The molecule has 44 heavy (non-hydrogen) atoms. The SMILES string of the molecule is CSCC[C@H](N)C(=O)O.NCC(=O)O.NCC(=O)O.N[C@@H](Cc1ccc(O)cc1)C(=O)O.N[C@@H](Cc1ccccc1)C(=O)O. The molecule has 0 bridgehead atoms. The average molecular weight is 646 g/mol. The highest BCUT2D eigenvalue weighted by Gasteiger charge is 2.12. The number of hydrogen-bond donors (Lipinski definition) is 11. The molecular formula is C27H43N5O11S. The van der Waals surface area contributed by atoms with Gasteiger partial charge in [0, 0.05) is 0 Å². The molecule has 0 aliphatic rings. The van der Waals surface area contributed by atoms with Crippen LogP contribution in [0.2, 0.25) is 0 Å². The third-order valence-electron chi connectivity index (χ3n) is 4.62. The largest absolute Gasteiger partial charge is 0.508 e. The lowest BCUT2D eigenvalue weighted by molar-refractivity contribution is -0.139. The highest BCUT2D eigenvalue weighted by Crippen LogP contribution is 2.10. The molecule has 0 radical (unpaired) electrons. The zero-order valence-corrected chi connectivity index (χ0v) is 25.0. The highest BCUT2D eigenvalue weighted by molar-refractivity contribution is 7.98. The first-order valence-electron chi connectivity index (χ1n) is 12.6. The van der Waals surface area contributed by atoms with E-state index in [1.54, 1.807) is 23.9 Å². The van der Waals surface area contributed by atoms with Crippen LogP contribution >= 0.6 is 11.8 Å².